The zero-order valence-corrected chi connectivity index (χ0v) is 19.1. The number of nitrogens with one attached hydrogen (secondary N) is 2. The number of carbonyl (C=O) groups excluding carboxylic acids is 2. The van der Waals surface area contributed by atoms with Crippen molar-refractivity contribution in [3.63, 3.8) is 0 Å². The van der Waals surface area contributed by atoms with Crippen LogP contribution in [0.1, 0.15) is 49.3 Å². The molecule has 2 N–H and O–H groups in total. The molecule has 3 rings (SSSR count). The zero-order valence-electron chi connectivity index (χ0n) is 19.1. The van der Waals surface area contributed by atoms with Crippen LogP contribution in [0.2, 0.25) is 0 Å². The molecule has 0 radical (unpaired) electrons. The average molecular weight is 443 g/mol. The number of piperidine rings is 1. The molecule has 1 saturated heterocycles. The van der Waals surface area contributed by atoms with Gasteiger partial charge in [0.15, 0.2) is 0 Å². The highest BCUT2D eigenvalue weighted by molar-refractivity contribution is 5.93. The Bertz CT molecular complexity index is 983. The van der Waals surface area contributed by atoms with Gasteiger partial charge in [-0.1, -0.05) is 12.5 Å². The van der Waals surface area contributed by atoms with E-state index in [-0.39, 0.29) is 30.2 Å². The van der Waals surface area contributed by atoms with Crippen molar-refractivity contribution in [2.75, 3.05) is 37.8 Å². The Balaban J connectivity index is 1.79. The summed E-state index contributed by atoms with van der Waals surface area (Å²) in [6.45, 7) is 4.45. The lowest BCUT2D eigenvalue weighted by Gasteiger charge is -2.34. The van der Waals surface area contributed by atoms with Crippen LogP contribution in [-0.4, -0.2) is 58.8 Å². The number of halogens is 1. The second-order valence-corrected chi connectivity index (χ2v) is 8.17. The summed E-state index contributed by atoms with van der Waals surface area (Å²) < 4.78 is 13.8. The molecule has 0 aliphatic carbocycles. The van der Waals surface area contributed by atoms with Crippen molar-refractivity contribution >= 4 is 23.3 Å². The van der Waals surface area contributed by atoms with Crippen LogP contribution in [0.3, 0.4) is 0 Å². The number of hydrogen-bond donors (Lipinski definition) is 2. The highest BCUT2D eigenvalue weighted by atomic mass is 19.1. The summed E-state index contributed by atoms with van der Waals surface area (Å²) in [5.74, 6) is 0.719. The zero-order chi connectivity index (χ0) is 23.3. The molecule has 2 heterocycles. The van der Waals surface area contributed by atoms with Gasteiger partial charge in [-0.15, -0.1) is 0 Å². The number of likely N-dealkylation sites (tertiary alicyclic amines) is 1. The Labute approximate surface area is 188 Å². The van der Waals surface area contributed by atoms with Gasteiger partial charge in [0.05, 0.1) is 24.8 Å². The maximum absolute atomic E-state index is 13.8. The fraction of sp³-hybridized carbons (Fsp3) is 0.478. The topological polar surface area (TPSA) is 90.5 Å². The van der Waals surface area contributed by atoms with E-state index in [2.05, 4.69) is 20.5 Å². The predicted octanol–water partition coefficient (Wildman–Crippen LogP) is 3.11. The molecule has 1 atom stereocenters. The van der Waals surface area contributed by atoms with Crippen LogP contribution in [0.5, 0.6) is 0 Å². The van der Waals surface area contributed by atoms with E-state index in [4.69, 9.17) is 4.98 Å². The van der Waals surface area contributed by atoms with E-state index in [0.717, 1.165) is 31.5 Å². The van der Waals surface area contributed by atoms with Crippen LogP contribution in [0.15, 0.2) is 24.3 Å². The fourth-order valence-electron chi connectivity index (χ4n) is 3.82. The van der Waals surface area contributed by atoms with Crippen molar-refractivity contribution in [3.05, 3.63) is 47.2 Å². The van der Waals surface area contributed by atoms with E-state index in [1.165, 1.54) is 13.0 Å². The van der Waals surface area contributed by atoms with E-state index in [1.807, 2.05) is 6.07 Å². The summed E-state index contributed by atoms with van der Waals surface area (Å²) >= 11 is 0. The van der Waals surface area contributed by atoms with E-state index >= 15 is 0 Å². The maximum atomic E-state index is 13.8. The Morgan fingerprint density at radius 3 is 2.78 bits per heavy atom. The van der Waals surface area contributed by atoms with Crippen molar-refractivity contribution in [2.45, 2.75) is 45.7 Å². The Kier molecular flexibility index (Phi) is 7.74. The van der Waals surface area contributed by atoms with E-state index in [9.17, 15) is 14.0 Å². The van der Waals surface area contributed by atoms with Gasteiger partial charge in [-0.3, -0.25) is 14.5 Å². The maximum Gasteiger partial charge on any atom is 0.238 e. The average Bonchev–Trinajstić information content (AvgIpc) is 2.77. The second-order valence-electron chi connectivity index (χ2n) is 8.17. The van der Waals surface area contributed by atoms with Crippen molar-refractivity contribution in [3.8, 4) is 0 Å². The van der Waals surface area contributed by atoms with Gasteiger partial charge in [0.1, 0.15) is 17.5 Å². The second kappa shape index (κ2) is 10.5. The minimum absolute atomic E-state index is 0.0419. The van der Waals surface area contributed by atoms with Gasteiger partial charge in [0, 0.05) is 38.3 Å². The molecular formula is C23H31FN6O2. The largest absolute Gasteiger partial charge is 0.373 e. The number of aromatic nitrogens is 2. The van der Waals surface area contributed by atoms with Gasteiger partial charge < -0.3 is 15.5 Å². The molecule has 0 bridgehead atoms. The SMILES string of the molecule is CNc1cc(CN(C)C(C)=O)nc([C@@H]2CCCCN2CC(=O)Nc2cccc(F)c2C)n1. The third-order valence-corrected chi connectivity index (χ3v) is 5.79. The van der Waals surface area contributed by atoms with Crippen LogP contribution in [0.4, 0.5) is 15.9 Å². The van der Waals surface area contributed by atoms with Crippen LogP contribution >= 0.6 is 0 Å². The van der Waals surface area contributed by atoms with Gasteiger partial charge in [-0.05, 0) is 38.4 Å². The van der Waals surface area contributed by atoms with Gasteiger partial charge in [0.2, 0.25) is 11.8 Å². The lowest BCUT2D eigenvalue weighted by atomic mass is 10.0. The number of amides is 2. The Morgan fingerprint density at radius 2 is 2.06 bits per heavy atom. The number of nitrogens with zero attached hydrogens (tertiary/aromatic N) is 4. The molecule has 2 amide bonds. The molecule has 2 aromatic rings. The smallest absolute Gasteiger partial charge is 0.238 e. The van der Waals surface area contributed by atoms with Crippen LogP contribution in [-0.2, 0) is 16.1 Å². The first-order valence-corrected chi connectivity index (χ1v) is 10.8. The molecule has 0 spiro atoms. The lowest BCUT2D eigenvalue weighted by Crippen LogP contribution is -2.40. The van der Waals surface area contributed by atoms with Crippen molar-refractivity contribution in [1.29, 1.82) is 0 Å². The quantitative estimate of drug-likeness (QED) is 0.685. The van der Waals surface area contributed by atoms with Crippen molar-refractivity contribution in [2.24, 2.45) is 0 Å². The van der Waals surface area contributed by atoms with Gasteiger partial charge in [-0.25, -0.2) is 14.4 Å². The molecule has 9 heteroatoms. The molecular weight excluding hydrogens is 411 g/mol. The summed E-state index contributed by atoms with van der Waals surface area (Å²) in [5, 5.41) is 5.89. The summed E-state index contributed by atoms with van der Waals surface area (Å²) in [6, 6.07) is 6.37. The molecule has 1 aliphatic rings. The fourth-order valence-corrected chi connectivity index (χ4v) is 3.82. The first kappa shape index (κ1) is 23.6. The van der Waals surface area contributed by atoms with Gasteiger partial charge in [-0.2, -0.15) is 0 Å². The number of anilines is 2. The van der Waals surface area contributed by atoms with Crippen molar-refractivity contribution < 1.29 is 14.0 Å². The molecule has 1 fully saturated rings. The Hall–Kier alpha value is -3.07. The summed E-state index contributed by atoms with van der Waals surface area (Å²) in [4.78, 5) is 37.4. The van der Waals surface area contributed by atoms with Crippen LogP contribution in [0.25, 0.3) is 0 Å². The highest BCUT2D eigenvalue weighted by Crippen LogP contribution is 2.30. The first-order valence-electron chi connectivity index (χ1n) is 10.8. The highest BCUT2D eigenvalue weighted by Gasteiger charge is 2.29. The monoisotopic (exact) mass is 442 g/mol. The number of hydrogen-bond acceptors (Lipinski definition) is 6. The Morgan fingerprint density at radius 1 is 1.28 bits per heavy atom. The molecule has 0 unspecified atom stereocenters. The number of rotatable bonds is 7. The number of benzene rings is 1. The number of carbonyl (C=O) groups is 2. The molecule has 0 saturated carbocycles. The summed E-state index contributed by atoms with van der Waals surface area (Å²) in [6.07, 6.45) is 2.83. The van der Waals surface area contributed by atoms with Crippen LogP contribution < -0.4 is 10.6 Å². The summed E-state index contributed by atoms with van der Waals surface area (Å²) in [5.41, 5.74) is 1.63. The third-order valence-electron chi connectivity index (χ3n) is 5.79. The van der Waals surface area contributed by atoms with Gasteiger partial charge >= 0.3 is 0 Å². The molecule has 1 aliphatic heterocycles. The normalized spacial score (nSPS) is 16.5. The standard InChI is InChI=1S/C23H31FN6O2/c1-15-18(24)8-7-9-19(15)27-22(32)14-30-11-6-5-10-20(30)23-26-17(12-21(25-3)28-23)13-29(4)16(2)31/h7-9,12,20H,5-6,10-11,13-14H2,1-4H3,(H,27,32)(H,25,26,28)/t20-/m0/s1. The molecule has 8 nitrogen and oxygen atoms in total. The minimum Gasteiger partial charge on any atom is -0.373 e. The minimum atomic E-state index is -0.348. The van der Waals surface area contributed by atoms with Crippen molar-refractivity contribution in [1.82, 2.24) is 19.8 Å². The third kappa shape index (κ3) is 5.79. The predicted molar refractivity (Wildman–Crippen MR) is 122 cm³/mol. The molecule has 1 aromatic heterocycles. The molecule has 172 valence electrons. The molecule has 32 heavy (non-hydrogen) atoms. The summed E-state index contributed by atoms with van der Waals surface area (Å²) in [7, 11) is 3.52. The lowest BCUT2D eigenvalue weighted by molar-refractivity contribution is -0.128. The van der Waals surface area contributed by atoms with E-state index < -0.39 is 0 Å². The molecule has 1 aromatic carbocycles. The first-order chi connectivity index (χ1) is 15.3. The van der Waals surface area contributed by atoms with E-state index in [1.54, 1.807) is 38.1 Å². The van der Waals surface area contributed by atoms with E-state index in [0.29, 0.717) is 29.4 Å². The van der Waals surface area contributed by atoms with Gasteiger partial charge in [0.25, 0.3) is 0 Å². The van der Waals surface area contributed by atoms with Crippen LogP contribution in [0, 0.1) is 12.7 Å².